The van der Waals surface area contributed by atoms with Gasteiger partial charge in [0.1, 0.15) is 0 Å². The molecular weight excluding hydrogens is 274 g/mol. The summed E-state index contributed by atoms with van der Waals surface area (Å²) in [4.78, 5) is 15.5. The Morgan fingerprint density at radius 2 is 2.35 bits per heavy atom. The molecule has 1 N–H and O–H groups in total. The summed E-state index contributed by atoms with van der Waals surface area (Å²) in [6.07, 6.45) is 0.159. The van der Waals surface area contributed by atoms with Crippen LogP contribution >= 0.6 is 11.3 Å². The van der Waals surface area contributed by atoms with Crippen molar-refractivity contribution >= 4 is 28.1 Å². The molecule has 0 aliphatic heterocycles. The van der Waals surface area contributed by atoms with Gasteiger partial charge in [-0.1, -0.05) is 6.07 Å². The minimum atomic E-state index is -0.315. The van der Waals surface area contributed by atoms with Crippen molar-refractivity contribution in [2.75, 3.05) is 12.4 Å². The zero-order chi connectivity index (χ0) is 14.5. The van der Waals surface area contributed by atoms with E-state index in [2.05, 4.69) is 21.1 Å². The van der Waals surface area contributed by atoms with Gasteiger partial charge in [-0.3, -0.25) is 4.79 Å². The number of thiazole rings is 1. The number of nitrogens with zero attached hydrogens (tertiary/aromatic N) is 2. The van der Waals surface area contributed by atoms with Gasteiger partial charge >= 0.3 is 5.97 Å². The van der Waals surface area contributed by atoms with E-state index in [9.17, 15) is 4.79 Å². The lowest BCUT2D eigenvalue weighted by atomic mass is 10.1. The normalized spacial score (nSPS) is 9.85. The number of esters is 1. The van der Waals surface area contributed by atoms with E-state index in [1.54, 1.807) is 12.1 Å². The van der Waals surface area contributed by atoms with Gasteiger partial charge in [0.2, 0.25) is 0 Å². The first-order valence-corrected chi connectivity index (χ1v) is 6.79. The van der Waals surface area contributed by atoms with Gasteiger partial charge < -0.3 is 10.1 Å². The second-order valence-corrected chi connectivity index (χ2v) is 5.02. The van der Waals surface area contributed by atoms with E-state index >= 15 is 0 Å². The molecule has 6 heteroatoms. The summed E-state index contributed by atoms with van der Waals surface area (Å²) in [5.41, 5.74) is 3.11. The van der Waals surface area contributed by atoms with E-state index in [0.29, 0.717) is 16.4 Å². The third-order valence-electron chi connectivity index (χ3n) is 2.71. The Hall–Kier alpha value is -2.39. The van der Waals surface area contributed by atoms with Gasteiger partial charge in [0.15, 0.2) is 5.13 Å². The first-order chi connectivity index (χ1) is 9.62. The summed E-state index contributed by atoms with van der Waals surface area (Å²) >= 11 is 1.41. The predicted molar refractivity (Wildman–Crippen MR) is 77.0 cm³/mol. The maximum atomic E-state index is 11.2. The number of nitriles is 1. The molecule has 0 fully saturated rings. The number of carbonyl (C=O) groups excluding carboxylic acids is 1. The Bertz CT molecular complexity index is 673. The second kappa shape index (κ2) is 6.17. The largest absolute Gasteiger partial charge is 0.469 e. The molecular formula is C14H13N3O2S. The minimum Gasteiger partial charge on any atom is -0.469 e. The molecule has 0 aliphatic rings. The Kier molecular flexibility index (Phi) is 4.33. The molecule has 2 aromatic rings. The lowest BCUT2D eigenvalue weighted by Crippen LogP contribution is -2.04. The van der Waals surface area contributed by atoms with Gasteiger partial charge in [0, 0.05) is 11.1 Å². The average molecular weight is 287 g/mol. The molecule has 1 aromatic heterocycles. The van der Waals surface area contributed by atoms with Crippen LogP contribution in [0.2, 0.25) is 0 Å². The molecule has 1 heterocycles. The van der Waals surface area contributed by atoms with Gasteiger partial charge in [-0.15, -0.1) is 11.3 Å². The summed E-state index contributed by atoms with van der Waals surface area (Å²) in [5.74, 6) is -0.315. The van der Waals surface area contributed by atoms with Crippen molar-refractivity contribution < 1.29 is 9.53 Å². The van der Waals surface area contributed by atoms with Crippen molar-refractivity contribution in [3.8, 4) is 6.07 Å². The Morgan fingerprint density at radius 3 is 3.05 bits per heavy atom. The van der Waals surface area contributed by atoms with Crippen molar-refractivity contribution in [3.05, 3.63) is 40.4 Å². The molecule has 0 spiro atoms. The highest BCUT2D eigenvalue weighted by Gasteiger charge is 2.09. The lowest BCUT2D eigenvalue weighted by molar-refractivity contribution is -0.139. The number of hydrogen-bond acceptors (Lipinski definition) is 6. The summed E-state index contributed by atoms with van der Waals surface area (Å²) in [6, 6.07) is 7.52. The van der Waals surface area contributed by atoms with E-state index in [4.69, 9.17) is 5.26 Å². The number of methoxy groups -OCH3 is 1. The highest BCUT2D eigenvalue weighted by atomic mass is 32.1. The number of benzene rings is 1. The van der Waals surface area contributed by atoms with Gasteiger partial charge in [-0.05, 0) is 24.6 Å². The predicted octanol–water partition coefficient (Wildman–Crippen LogP) is 2.78. The van der Waals surface area contributed by atoms with Crippen LogP contribution in [0.5, 0.6) is 0 Å². The maximum absolute atomic E-state index is 11.2. The van der Waals surface area contributed by atoms with Crippen molar-refractivity contribution in [3.63, 3.8) is 0 Å². The van der Waals surface area contributed by atoms with Crippen LogP contribution in [-0.4, -0.2) is 18.1 Å². The van der Waals surface area contributed by atoms with Crippen molar-refractivity contribution in [1.82, 2.24) is 4.98 Å². The van der Waals surface area contributed by atoms with Crippen LogP contribution in [-0.2, 0) is 16.0 Å². The number of carbonyl (C=O) groups is 1. The molecule has 5 nitrogen and oxygen atoms in total. The fraction of sp³-hybridized carbons (Fsp3) is 0.214. The van der Waals surface area contributed by atoms with Crippen molar-refractivity contribution in [2.45, 2.75) is 13.3 Å². The molecule has 0 saturated carbocycles. The third kappa shape index (κ3) is 3.33. The molecule has 0 unspecified atom stereocenters. The number of anilines is 2. The highest BCUT2D eigenvalue weighted by Crippen LogP contribution is 2.24. The Morgan fingerprint density at radius 1 is 1.55 bits per heavy atom. The zero-order valence-corrected chi connectivity index (χ0v) is 12.0. The number of ether oxygens (including phenoxy) is 1. The quantitative estimate of drug-likeness (QED) is 0.875. The number of aromatic nitrogens is 1. The van der Waals surface area contributed by atoms with Crippen molar-refractivity contribution in [2.24, 2.45) is 0 Å². The lowest BCUT2D eigenvalue weighted by Gasteiger charge is -2.06. The van der Waals surface area contributed by atoms with Crippen LogP contribution in [0.3, 0.4) is 0 Å². The molecule has 0 atom stereocenters. The van der Waals surface area contributed by atoms with E-state index < -0.39 is 0 Å². The molecule has 20 heavy (non-hydrogen) atoms. The maximum Gasteiger partial charge on any atom is 0.311 e. The average Bonchev–Trinajstić information content (AvgIpc) is 2.88. The van der Waals surface area contributed by atoms with Gasteiger partial charge in [0.05, 0.1) is 30.9 Å². The van der Waals surface area contributed by atoms with Crippen LogP contribution in [0.25, 0.3) is 0 Å². The second-order valence-electron chi connectivity index (χ2n) is 4.16. The molecule has 0 saturated heterocycles. The Labute approximate surface area is 120 Å². The number of hydrogen-bond donors (Lipinski definition) is 1. The van der Waals surface area contributed by atoms with Crippen LogP contribution in [0, 0.1) is 18.3 Å². The summed E-state index contributed by atoms with van der Waals surface area (Å²) in [7, 11) is 1.35. The molecule has 0 amide bonds. The molecule has 102 valence electrons. The summed E-state index contributed by atoms with van der Waals surface area (Å²) in [6.45, 7) is 1.95. The highest BCUT2D eigenvalue weighted by molar-refractivity contribution is 7.13. The summed E-state index contributed by atoms with van der Waals surface area (Å²) < 4.78 is 4.60. The first kappa shape index (κ1) is 14.0. The SMILES string of the molecule is COC(=O)Cc1csc(Nc2cc(C#N)ccc2C)n1. The van der Waals surface area contributed by atoms with E-state index in [0.717, 1.165) is 11.3 Å². The topological polar surface area (TPSA) is 75.0 Å². The molecule has 0 aliphatic carbocycles. The van der Waals surface area contributed by atoms with Crippen LogP contribution in [0.1, 0.15) is 16.8 Å². The standard InChI is InChI=1S/C14H13N3O2S/c1-9-3-4-10(7-15)5-12(9)17-14-16-11(8-20-14)6-13(18)19-2/h3-5,8H,6H2,1-2H3,(H,16,17). The molecule has 1 aromatic carbocycles. The number of aryl methyl sites for hydroxylation is 1. The fourth-order valence-electron chi connectivity index (χ4n) is 1.61. The molecule has 0 radical (unpaired) electrons. The van der Waals surface area contributed by atoms with E-state index in [-0.39, 0.29) is 12.4 Å². The van der Waals surface area contributed by atoms with Gasteiger partial charge in [-0.25, -0.2) is 4.98 Å². The van der Waals surface area contributed by atoms with Crippen LogP contribution in [0.4, 0.5) is 10.8 Å². The van der Waals surface area contributed by atoms with Crippen LogP contribution < -0.4 is 5.32 Å². The van der Waals surface area contributed by atoms with Gasteiger partial charge in [0.25, 0.3) is 0 Å². The fourth-order valence-corrected chi connectivity index (χ4v) is 2.33. The first-order valence-electron chi connectivity index (χ1n) is 5.91. The van der Waals surface area contributed by atoms with Gasteiger partial charge in [-0.2, -0.15) is 5.26 Å². The van der Waals surface area contributed by atoms with E-state index in [1.807, 2.05) is 18.4 Å². The molecule has 2 rings (SSSR count). The minimum absolute atomic E-state index is 0.159. The number of rotatable bonds is 4. The van der Waals surface area contributed by atoms with E-state index in [1.165, 1.54) is 18.4 Å². The summed E-state index contributed by atoms with van der Waals surface area (Å²) in [5, 5.41) is 14.6. The Balaban J connectivity index is 2.15. The van der Waals surface area contributed by atoms with Crippen molar-refractivity contribution in [1.29, 1.82) is 5.26 Å². The number of nitrogens with one attached hydrogen (secondary N) is 1. The smallest absolute Gasteiger partial charge is 0.311 e. The monoisotopic (exact) mass is 287 g/mol. The third-order valence-corrected chi connectivity index (χ3v) is 3.52. The van der Waals surface area contributed by atoms with Crippen LogP contribution in [0.15, 0.2) is 23.6 Å². The zero-order valence-electron chi connectivity index (χ0n) is 11.1. The molecule has 0 bridgehead atoms.